The molecule has 1 N–H and O–H groups in total. The molecule has 1 unspecified atom stereocenters. The van der Waals surface area contributed by atoms with Gasteiger partial charge in [-0.25, -0.2) is 0 Å². The molecule has 1 saturated heterocycles. The minimum absolute atomic E-state index is 0.0401. The predicted molar refractivity (Wildman–Crippen MR) is 112 cm³/mol. The van der Waals surface area contributed by atoms with E-state index >= 15 is 0 Å². The highest BCUT2D eigenvalue weighted by Gasteiger charge is 2.30. The zero-order chi connectivity index (χ0) is 19.8. The summed E-state index contributed by atoms with van der Waals surface area (Å²) in [6, 6.07) is 15.2. The standard InChI is InChI=1S/C23H30N2O3/c1-3-4-16-28-21-13-12-19(27-2)17-20(21)24-23(26)22(25-14-8-9-15-25)18-10-6-5-7-11-18/h5-7,10-13,17,22H,3-4,8-9,14-16H2,1-2H3,(H,24,26). The third kappa shape index (κ3) is 5.04. The third-order valence-corrected chi connectivity index (χ3v) is 5.07. The lowest BCUT2D eigenvalue weighted by Crippen LogP contribution is -2.35. The van der Waals surface area contributed by atoms with E-state index in [2.05, 4.69) is 17.1 Å². The summed E-state index contributed by atoms with van der Waals surface area (Å²) in [5, 5.41) is 3.10. The second-order valence-electron chi connectivity index (χ2n) is 7.11. The maximum atomic E-state index is 13.3. The second-order valence-corrected chi connectivity index (χ2v) is 7.11. The van der Waals surface area contributed by atoms with E-state index in [1.165, 1.54) is 0 Å². The summed E-state index contributed by atoms with van der Waals surface area (Å²) in [6.45, 7) is 4.62. The van der Waals surface area contributed by atoms with Crippen molar-refractivity contribution in [3.8, 4) is 11.5 Å². The summed E-state index contributed by atoms with van der Waals surface area (Å²) >= 11 is 0. The maximum Gasteiger partial charge on any atom is 0.246 e. The van der Waals surface area contributed by atoms with Crippen LogP contribution in [0.3, 0.4) is 0 Å². The molecule has 150 valence electrons. The topological polar surface area (TPSA) is 50.8 Å². The first kappa shape index (κ1) is 20.2. The summed E-state index contributed by atoms with van der Waals surface area (Å²) in [6.07, 6.45) is 4.28. The van der Waals surface area contributed by atoms with Crippen molar-refractivity contribution < 1.29 is 14.3 Å². The SMILES string of the molecule is CCCCOc1ccc(OC)cc1NC(=O)C(c1ccccc1)N1CCCC1. The molecule has 1 heterocycles. The minimum Gasteiger partial charge on any atom is -0.497 e. The van der Waals surface area contributed by atoms with Gasteiger partial charge >= 0.3 is 0 Å². The minimum atomic E-state index is -0.307. The van der Waals surface area contributed by atoms with Gasteiger partial charge in [-0.2, -0.15) is 0 Å². The molecule has 3 rings (SSSR count). The van der Waals surface area contributed by atoms with Gasteiger partial charge in [0.15, 0.2) is 0 Å². The molecule has 0 spiro atoms. The molecule has 1 fully saturated rings. The molecule has 1 amide bonds. The average Bonchev–Trinajstić information content (AvgIpc) is 3.24. The number of carbonyl (C=O) groups excluding carboxylic acids is 1. The number of ether oxygens (including phenoxy) is 2. The van der Waals surface area contributed by atoms with E-state index in [0.29, 0.717) is 23.8 Å². The van der Waals surface area contributed by atoms with Crippen molar-refractivity contribution in [3.05, 3.63) is 54.1 Å². The van der Waals surface area contributed by atoms with Gasteiger partial charge in [0.05, 0.1) is 19.4 Å². The number of nitrogens with zero attached hydrogens (tertiary/aromatic N) is 1. The fourth-order valence-corrected chi connectivity index (χ4v) is 3.55. The molecule has 0 saturated carbocycles. The van der Waals surface area contributed by atoms with Crippen molar-refractivity contribution in [2.45, 2.75) is 38.6 Å². The molecule has 2 aromatic rings. The van der Waals surface area contributed by atoms with Crippen LogP contribution in [0.15, 0.2) is 48.5 Å². The molecule has 1 atom stereocenters. The smallest absolute Gasteiger partial charge is 0.246 e. The summed E-state index contributed by atoms with van der Waals surface area (Å²) in [7, 11) is 1.62. The van der Waals surface area contributed by atoms with Crippen LogP contribution in [-0.2, 0) is 4.79 Å². The average molecular weight is 383 g/mol. The lowest BCUT2D eigenvalue weighted by Gasteiger charge is -2.27. The Kier molecular flexibility index (Phi) is 7.31. The van der Waals surface area contributed by atoms with Gasteiger partial charge in [0.1, 0.15) is 17.5 Å². The molecule has 28 heavy (non-hydrogen) atoms. The number of carbonyl (C=O) groups is 1. The summed E-state index contributed by atoms with van der Waals surface area (Å²) < 4.78 is 11.2. The van der Waals surface area contributed by atoms with Crippen molar-refractivity contribution in [1.82, 2.24) is 4.90 Å². The first-order valence-corrected chi connectivity index (χ1v) is 10.1. The van der Waals surface area contributed by atoms with Crippen LogP contribution in [0.1, 0.15) is 44.2 Å². The molecule has 0 radical (unpaired) electrons. The Bertz CT molecular complexity index is 758. The lowest BCUT2D eigenvalue weighted by atomic mass is 10.0. The zero-order valence-electron chi connectivity index (χ0n) is 16.8. The van der Waals surface area contributed by atoms with Gasteiger partial charge in [-0.1, -0.05) is 43.7 Å². The van der Waals surface area contributed by atoms with Crippen LogP contribution in [-0.4, -0.2) is 37.6 Å². The fraction of sp³-hybridized carbons (Fsp3) is 0.435. The van der Waals surface area contributed by atoms with E-state index in [1.807, 2.05) is 48.5 Å². The Morgan fingerprint density at radius 2 is 1.89 bits per heavy atom. The van der Waals surface area contributed by atoms with Crippen LogP contribution in [0.4, 0.5) is 5.69 Å². The number of nitrogens with one attached hydrogen (secondary N) is 1. The second kappa shape index (κ2) is 10.1. The third-order valence-electron chi connectivity index (χ3n) is 5.07. The number of methoxy groups -OCH3 is 1. The van der Waals surface area contributed by atoms with E-state index in [1.54, 1.807) is 7.11 Å². The highest BCUT2D eigenvalue weighted by Crippen LogP contribution is 2.32. The van der Waals surface area contributed by atoms with Crippen LogP contribution in [0, 0.1) is 0 Å². The number of unbranched alkanes of at least 4 members (excludes halogenated alkanes) is 1. The largest absolute Gasteiger partial charge is 0.497 e. The lowest BCUT2D eigenvalue weighted by molar-refractivity contribution is -0.121. The number of benzene rings is 2. The van der Waals surface area contributed by atoms with Crippen molar-refractivity contribution in [2.24, 2.45) is 0 Å². The number of anilines is 1. The van der Waals surface area contributed by atoms with Crippen molar-refractivity contribution in [3.63, 3.8) is 0 Å². The Morgan fingerprint density at radius 1 is 1.14 bits per heavy atom. The normalized spacial score (nSPS) is 15.2. The predicted octanol–water partition coefficient (Wildman–Crippen LogP) is 4.65. The molecule has 0 bridgehead atoms. The van der Waals surface area contributed by atoms with Crippen molar-refractivity contribution >= 4 is 11.6 Å². The van der Waals surface area contributed by atoms with Gasteiger partial charge < -0.3 is 14.8 Å². The molecule has 5 heteroatoms. The molecular weight excluding hydrogens is 352 g/mol. The number of likely N-dealkylation sites (tertiary alicyclic amines) is 1. The van der Waals surface area contributed by atoms with Crippen LogP contribution >= 0.6 is 0 Å². The number of rotatable bonds is 9. The first-order chi connectivity index (χ1) is 13.7. The van der Waals surface area contributed by atoms with Gasteiger partial charge in [-0.05, 0) is 50.0 Å². The quantitative estimate of drug-likeness (QED) is 0.642. The van der Waals surface area contributed by atoms with E-state index in [4.69, 9.17) is 9.47 Å². The van der Waals surface area contributed by atoms with Crippen LogP contribution in [0.25, 0.3) is 0 Å². The Balaban J connectivity index is 1.84. The van der Waals surface area contributed by atoms with Crippen molar-refractivity contribution in [2.75, 3.05) is 32.1 Å². The first-order valence-electron chi connectivity index (χ1n) is 10.1. The maximum absolute atomic E-state index is 13.3. The summed E-state index contributed by atoms with van der Waals surface area (Å²) in [5.41, 5.74) is 1.67. The molecule has 5 nitrogen and oxygen atoms in total. The molecular formula is C23H30N2O3. The molecule has 0 aliphatic carbocycles. The molecule has 2 aromatic carbocycles. The molecule has 1 aliphatic rings. The van der Waals surface area contributed by atoms with Crippen LogP contribution < -0.4 is 14.8 Å². The summed E-state index contributed by atoms with van der Waals surface area (Å²) in [4.78, 5) is 15.6. The number of hydrogen-bond donors (Lipinski definition) is 1. The summed E-state index contributed by atoms with van der Waals surface area (Å²) in [5.74, 6) is 1.33. The Morgan fingerprint density at radius 3 is 2.57 bits per heavy atom. The van der Waals surface area contributed by atoms with Crippen molar-refractivity contribution in [1.29, 1.82) is 0 Å². The monoisotopic (exact) mass is 382 g/mol. The number of amides is 1. The van der Waals surface area contributed by atoms with Gasteiger partial charge in [0, 0.05) is 6.07 Å². The van der Waals surface area contributed by atoms with Crippen LogP contribution in [0.2, 0.25) is 0 Å². The van der Waals surface area contributed by atoms with Crippen LogP contribution in [0.5, 0.6) is 11.5 Å². The van der Waals surface area contributed by atoms with E-state index in [-0.39, 0.29) is 11.9 Å². The molecule has 1 aliphatic heterocycles. The highest BCUT2D eigenvalue weighted by atomic mass is 16.5. The van der Waals surface area contributed by atoms with E-state index in [9.17, 15) is 4.79 Å². The number of hydrogen-bond acceptors (Lipinski definition) is 4. The van der Waals surface area contributed by atoms with Gasteiger partial charge in [-0.3, -0.25) is 9.69 Å². The van der Waals surface area contributed by atoms with Gasteiger partial charge in [-0.15, -0.1) is 0 Å². The van der Waals surface area contributed by atoms with Gasteiger partial charge in [0.2, 0.25) is 5.91 Å². The zero-order valence-corrected chi connectivity index (χ0v) is 16.8. The fourth-order valence-electron chi connectivity index (χ4n) is 3.55. The molecule has 0 aromatic heterocycles. The van der Waals surface area contributed by atoms with E-state index in [0.717, 1.165) is 44.3 Å². The van der Waals surface area contributed by atoms with E-state index < -0.39 is 0 Å². The van der Waals surface area contributed by atoms with Gasteiger partial charge in [0.25, 0.3) is 0 Å². The Labute approximate surface area is 167 Å². The Hall–Kier alpha value is -2.53. The highest BCUT2D eigenvalue weighted by molar-refractivity contribution is 5.97.